The second-order valence-corrected chi connectivity index (χ2v) is 5.85. The number of benzene rings is 1. The van der Waals surface area contributed by atoms with E-state index < -0.39 is 0 Å². The van der Waals surface area contributed by atoms with Crippen LogP contribution in [0, 0.1) is 10.2 Å². The molecule has 2 aromatic rings. The van der Waals surface area contributed by atoms with Gasteiger partial charge in [-0.15, -0.1) is 0 Å². The quantitative estimate of drug-likeness (QED) is 0.823. The number of ether oxygens (including phenoxy) is 1. The summed E-state index contributed by atoms with van der Waals surface area (Å²) in [6.45, 7) is 7.52. The molecule has 0 saturated carbocycles. The Balaban J connectivity index is 2.57. The van der Waals surface area contributed by atoms with E-state index in [1.165, 1.54) is 0 Å². The van der Waals surface area contributed by atoms with Gasteiger partial charge in [-0.1, -0.05) is 20.8 Å². The molecule has 0 aliphatic carbocycles. The number of nitrogens with one attached hydrogen (secondary N) is 1. The lowest BCUT2D eigenvalue weighted by atomic mass is 9.97. The zero-order chi connectivity index (χ0) is 12.6. The summed E-state index contributed by atoms with van der Waals surface area (Å²) in [5.41, 5.74) is 2.36. The first-order chi connectivity index (χ1) is 7.90. The van der Waals surface area contributed by atoms with Crippen molar-refractivity contribution in [3.63, 3.8) is 0 Å². The minimum atomic E-state index is 0.202. The highest BCUT2D eigenvalue weighted by atomic mass is 32.1. The van der Waals surface area contributed by atoms with Crippen molar-refractivity contribution in [3.05, 3.63) is 23.0 Å². The van der Waals surface area contributed by atoms with E-state index in [0.29, 0.717) is 0 Å². The highest BCUT2D eigenvalue weighted by molar-refractivity contribution is 7.71. The maximum Gasteiger partial charge on any atom is 0.178 e. The number of aromatic nitrogens is 2. The Bertz CT molecular complexity index is 589. The van der Waals surface area contributed by atoms with Gasteiger partial charge in [0.1, 0.15) is 5.75 Å². The lowest BCUT2D eigenvalue weighted by Crippen LogP contribution is -2.15. The second kappa shape index (κ2) is 4.18. The van der Waals surface area contributed by atoms with Gasteiger partial charge in [-0.2, -0.15) is 0 Å². The van der Waals surface area contributed by atoms with E-state index in [-0.39, 0.29) is 5.41 Å². The van der Waals surface area contributed by atoms with Crippen molar-refractivity contribution in [1.82, 2.24) is 9.55 Å². The van der Waals surface area contributed by atoms with Crippen molar-refractivity contribution < 1.29 is 4.74 Å². The Labute approximate surface area is 106 Å². The minimum absolute atomic E-state index is 0.202. The smallest absolute Gasteiger partial charge is 0.178 e. The Morgan fingerprint density at radius 2 is 2.06 bits per heavy atom. The first-order valence-corrected chi connectivity index (χ1v) is 6.08. The van der Waals surface area contributed by atoms with Gasteiger partial charge in [0.25, 0.3) is 0 Å². The van der Waals surface area contributed by atoms with Gasteiger partial charge in [0, 0.05) is 12.6 Å². The van der Waals surface area contributed by atoms with E-state index in [2.05, 4.69) is 30.3 Å². The van der Waals surface area contributed by atoms with Gasteiger partial charge in [0.2, 0.25) is 0 Å². The molecule has 0 aliphatic heterocycles. The summed E-state index contributed by atoms with van der Waals surface area (Å²) in [4.78, 5) is 3.22. The fraction of sp³-hybridized carbons (Fsp3) is 0.462. The molecule has 0 fully saturated rings. The van der Waals surface area contributed by atoms with Crippen LogP contribution in [0.4, 0.5) is 0 Å². The molecule has 0 atom stereocenters. The number of rotatable bonds is 2. The summed E-state index contributed by atoms with van der Waals surface area (Å²) in [6, 6.07) is 5.99. The SMILES string of the molecule is COc1ccc2c(c1)[nH]c(=S)n2CC(C)(C)C. The summed E-state index contributed by atoms with van der Waals surface area (Å²) in [7, 11) is 1.67. The van der Waals surface area contributed by atoms with Crippen molar-refractivity contribution >= 4 is 23.3 Å². The van der Waals surface area contributed by atoms with Crippen molar-refractivity contribution in [3.8, 4) is 5.75 Å². The standard InChI is InChI=1S/C13H18N2OS/c1-13(2,3)8-15-11-6-5-9(16-4)7-10(11)14-12(15)17/h5-7H,8H2,1-4H3,(H,14,17). The van der Waals surface area contributed by atoms with Crippen LogP contribution in [0.2, 0.25) is 0 Å². The van der Waals surface area contributed by atoms with Gasteiger partial charge in [0.15, 0.2) is 4.77 Å². The third-order valence-corrected chi connectivity index (χ3v) is 2.94. The molecule has 0 unspecified atom stereocenters. The van der Waals surface area contributed by atoms with Crippen LogP contribution in [0.25, 0.3) is 11.0 Å². The van der Waals surface area contributed by atoms with E-state index in [1.807, 2.05) is 18.2 Å². The molecule has 0 amide bonds. The molecule has 1 N–H and O–H groups in total. The summed E-state index contributed by atoms with van der Waals surface area (Å²) >= 11 is 5.37. The van der Waals surface area contributed by atoms with Crippen LogP contribution >= 0.6 is 12.2 Å². The number of hydrogen-bond donors (Lipinski definition) is 1. The van der Waals surface area contributed by atoms with Gasteiger partial charge in [-0.3, -0.25) is 0 Å². The normalized spacial score (nSPS) is 12.0. The molecule has 0 aliphatic rings. The first kappa shape index (κ1) is 12.2. The highest BCUT2D eigenvalue weighted by Crippen LogP contribution is 2.24. The van der Waals surface area contributed by atoms with Crippen molar-refractivity contribution in [2.75, 3.05) is 7.11 Å². The van der Waals surface area contributed by atoms with Gasteiger partial charge in [-0.05, 0) is 29.8 Å². The number of hydrogen-bond acceptors (Lipinski definition) is 2. The zero-order valence-electron chi connectivity index (χ0n) is 10.7. The van der Waals surface area contributed by atoms with E-state index in [1.54, 1.807) is 7.11 Å². The summed E-state index contributed by atoms with van der Waals surface area (Å²) in [5.74, 6) is 0.844. The Morgan fingerprint density at radius 3 is 2.65 bits per heavy atom. The number of fused-ring (bicyclic) bond motifs is 1. The fourth-order valence-electron chi connectivity index (χ4n) is 1.90. The Hall–Kier alpha value is -1.29. The molecule has 0 bridgehead atoms. The predicted molar refractivity (Wildman–Crippen MR) is 73.1 cm³/mol. The number of aromatic amines is 1. The Morgan fingerprint density at radius 1 is 1.35 bits per heavy atom. The third kappa shape index (κ3) is 2.52. The molecular weight excluding hydrogens is 232 g/mol. The first-order valence-electron chi connectivity index (χ1n) is 5.67. The topological polar surface area (TPSA) is 29.9 Å². The maximum absolute atomic E-state index is 5.37. The van der Waals surface area contributed by atoms with Crippen LogP contribution in [0.1, 0.15) is 20.8 Å². The van der Waals surface area contributed by atoms with Crippen LogP contribution in [0.5, 0.6) is 5.75 Å². The van der Waals surface area contributed by atoms with Crippen LogP contribution in [0.3, 0.4) is 0 Å². The Kier molecular flexibility index (Phi) is 3.00. The van der Waals surface area contributed by atoms with Crippen LogP contribution in [-0.2, 0) is 6.54 Å². The van der Waals surface area contributed by atoms with Gasteiger partial charge >= 0.3 is 0 Å². The zero-order valence-corrected chi connectivity index (χ0v) is 11.5. The van der Waals surface area contributed by atoms with Crippen molar-refractivity contribution in [2.45, 2.75) is 27.3 Å². The number of imidazole rings is 1. The van der Waals surface area contributed by atoms with Crippen LogP contribution < -0.4 is 4.74 Å². The lowest BCUT2D eigenvalue weighted by Gasteiger charge is -2.19. The van der Waals surface area contributed by atoms with Gasteiger partial charge < -0.3 is 14.3 Å². The molecule has 92 valence electrons. The molecular formula is C13H18N2OS. The monoisotopic (exact) mass is 250 g/mol. The highest BCUT2D eigenvalue weighted by Gasteiger charge is 2.14. The predicted octanol–water partition coefficient (Wildman–Crippen LogP) is 3.75. The van der Waals surface area contributed by atoms with E-state index in [9.17, 15) is 0 Å². The van der Waals surface area contributed by atoms with Gasteiger partial charge in [-0.25, -0.2) is 0 Å². The van der Waals surface area contributed by atoms with Crippen LogP contribution in [0.15, 0.2) is 18.2 Å². The summed E-state index contributed by atoms with van der Waals surface area (Å²) in [5, 5.41) is 0. The molecule has 0 saturated heterocycles. The number of nitrogens with zero attached hydrogens (tertiary/aromatic N) is 1. The third-order valence-electron chi connectivity index (χ3n) is 2.61. The number of H-pyrrole nitrogens is 1. The average molecular weight is 250 g/mol. The average Bonchev–Trinajstić information content (AvgIpc) is 2.52. The molecule has 1 aromatic heterocycles. The molecule has 4 heteroatoms. The number of methoxy groups -OCH3 is 1. The molecule has 17 heavy (non-hydrogen) atoms. The molecule has 2 rings (SSSR count). The van der Waals surface area contributed by atoms with Crippen LogP contribution in [-0.4, -0.2) is 16.7 Å². The lowest BCUT2D eigenvalue weighted by molar-refractivity contribution is 0.346. The molecule has 3 nitrogen and oxygen atoms in total. The van der Waals surface area contributed by atoms with Crippen molar-refractivity contribution in [2.24, 2.45) is 5.41 Å². The van der Waals surface area contributed by atoms with E-state index in [0.717, 1.165) is 28.1 Å². The largest absolute Gasteiger partial charge is 0.497 e. The van der Waals surface area contributed by atoms with Gasteiger partial charge in [0.05, 0.1) is 18.1 Å². The second-order valence-electron chi connectivity index (χ2n) is 5.46. The minimum Gasteiger partial charge on any atom is -0.497 e. The summed E-state index contributed by atoms with van der Waals surface area (Å²) < 4.78 is 8.12. The van der Waals surface area contributed by atoms with E-state index in [4.69, 9.17) is 17.0 Å². The molecule has 0 spiro atoms. The maximum atomic E-state index is 5.37. The van der Waals surface area contributed by atoms with Crippen molar-refractivity contribution in [1.29, 1.82) is 0 Å². The molecule has 1 heterocycles. The van der Waals surface area contributed by atoms with E-state index >= 15 is 0 Å². The molecule has 1 aromatic carbocycles. The summed E-state index contributed by atoms with van der Waals surface area (Å²) in [6.07, 6.45) is 0. The fourth-order valence-corrected chi connectivity index (χ4v) is 2.17. The molecule has 0 radical (unpaired) electrons.